The zero-order valence-corrected chi connectivity index (χ0v) is 28.1. The Morgan fingerprint density at radius 2 is 1.61 bits per heavy atom. The van der Waals surface area contributed by atoms with Crippen molar-refractivity contribution in [3.63, 3.8) is 0 Å². The van der Waals surface area contributed by atoms with Crippen LogP contribution < -0.4 is 0 Å². The Kier molecular flexibility index (Phi) is 10.2. The Bertz CT molecular complexity index is 1660. The largest absolute Gasteiger partial charge is 0.514 e. The Morgan fingerprint density at radius 1 is 0.980 bits per heavy atom. The number of hydrogen-bond acceptors (Lipinski definition) is 12. The molecule has 0 radical (unpaired) electrons. The van der Waals surface area contributed by atoms with Gasteiger partial charge < -0.3 is 39.0 Å². The lowest BCUT2D eigenvalue weighted by atomic mass is 9.53. The van der Waals surface area contributed by atoms with E-state index in [0.29, 0.717) is 5.56 Å². The van der Waals surface area contributed by atoms with Gasteiger partial charge in [-0.05, 0) is 42.7 Å². The summed E-state index contributed by atoms with van der Waals surface area (Å²) in [5.41, 5.74) is -4.46. The number of aliphatic hydroxyl groups is 3. The van der Waals surface area contributed by atoms with Crippen LogP contribution in [-0.2, 0) is 39.9 Å². The zero-order chi connectivity index (χ0) is 35.7. The van der Waals surface area contributed by atoms with Crippen LogP contribution >= 0.6 is 0 Å². The summed E-state index contributed by atoms with van der Waals surface area (Å²) >= 11 is 0. The lowest BCUT2D eigenvalue weighted by molar-refractivity contribution is -0.295. The van der Waals surface area contributed by atoms with Crippen molar-refractivity contribution in [2.45, 2.75) is 83.6 Å². The number of allylic oxidation sites excluding steroid dienone is 1. The summed E-state index contributed by atoms with van der Waals surface area (Å²) in [6.45, 7) is 6.48. The molecule has 0 saturated carbocycles. The molecule has 0 spiro atoms. The summed E-state index contributed by atoms with van der Waals surface area (Å²) in [7, 11) is 0. The average Bonchev–Trinajstić information content (AvgIpc) is 3.06. The Balaban J connectivity index is 1.75. The molecule has 262 valence electrons. The third kappa shape index (κ3) is 6.41. The minimum Gasteiger partial charge on any atom is -0.455 e. The summed E-state index contributed by atoms with van der Waals surface area (Å²) in [6, 6.07) is 16.8. The van der Waals surface area contributed by atoms with E-state index in [0.717, 1.165) is 0 Å². The molecule has 0 unspecified atom stereocenters. The van der Waals surface area contributed by atoms with Crippen LogP contribution in [0.3, 0.4) is 0 Å². The summed E-state index contributed by atoms with van der Waals surface area (Å²) < 4.78 is 29.1. The van der Waals surface area contributed by atoms with Crippen LogP contribution in [-0.4, -0.2) is 81.9 Å². The molecule has 49 heavy (non-hydrogen) atoms. The molecule has 12 heteroatoms. The fourth-order valence-electron chi connectivity index (χ4n) is 7.48. The topological polar surface area (TPSA) is 175 Å². The SMILES string of the molecule is CC(=O)O[C@@]1([C@@H]2/C(C)=C(/OC(=O)OCc3ccccc3)C(=O)C3=C(C)[C@@H](O)C[C@@](O)([C@H]2OC(=O)c2ccccc2)C3(C)C)CO[C@@H]1CCO. The van der Waals surface area contributed by atoms with Crippen LogP contribution in [0.1, 0.15) is 63.4 Å². The highest BCUT2D eigenvalue weighted by atomic mass is 16.7. The number of carbonyl (C=O) groups is 4. The van der Waals surface area contributed by atoms with E-state index in [1.54, 1.807) is 69.3 Å². The van der Waals surface area contributed by atoms with Gasteiger partial charge in [0.25, 0.3) is 0 Å². The molecule has 1 heterocycles. The van der Waals surface area contributed by atoms with Gasteiger partial charge in [0.05, 0.1) is 24.2 Å². The fourth-order valence-corrected chi connectivity index (χ4v) is 7.48. The molecule has 1 saturated heterocycles. The van der Waals surface area contributed by atoms with Crippen molar-refractivity contribution >= 4 is 23.9 Å². The zero-order valence-electron chi connectivity index (χ0n) is 28.1. The summed E-state index contributed by atoms with van der Waals surface area (Å²) in [5, 5.41) is 34.2. The van der Waals surface area contributed by atoms with Crippen LogP contribution in [0.5, 0.6) is 0 Å². The molecule has 5 rings (SSSR count). The number of esters is 2. The summed E-state index contributed by atoms with van der Waals surface area (Å²) in [4.78, 5) is 54.5. The lowest BCUT2D eigenvalue weighted by Gasteiger charge is -2.60. The van der Waals surface area contributed by atoms with Crippen molar-refractivity contribution in [3.05, 3.63) is 94.3 Å². The second kappa shape index (κ2) is 13.9. The van der Waals surface area contributed by atoms with E-state index in [-0.39, 0.29) is 54.9 Å². The van der Waals surface area contributed by atoms with Gasteiger partial charge in [0.1, 0.15) is 24.4 Å². The summed E-state index contributed by atoms with van der Waals surface area (Å²) in [5.74, 6) is -4.32. The third-order valence-corrected chi connectivity index (χ3v) is 10.1. The second-order valence-electron chi connectivity index (χ2n) is 13.3. The Morgan fingerprint density at radius 3 is 2.18 bits per heavy atom. The first kappa shape index (κ1) is 35.9. The highest BCUT2D eigenvalue weighted by Crippen LogP contribution is 2.58. The molecule has 0 amide bonds. The van der Waals surface area contributed by atoms with E-state index in [9.17, 15) is 34.5 Å². The van der Waals surface area contributed by atoms with Crippen molar-refractivity contribution in [1.29, 1.82) is 0 Å². The van der Waals surface area contributed by atoms with E-state index < -0.39 is 70.5 Å². The molecule has 1 aliphatic heterocycles. The van der Waals surface area contributed by atoms with E-state index in [1.807, 2.05) is 0 Å². The van der Waals surface area contributed by atoms with E-state index in [1.165, 1.54) is 26.0 Å². The number of benzene rings is 2. The van der Waals surface area contributed by atoms with Gasteiger partial charge in [-0.15, -0.1) is 0 Å². The van der Waals surface area contributed by atoms with Crippen LogP contribution in [0.2, 0.25) is 0 Å². The first-order valence-corrected chi connectivity index (χ1v) is 16.1. The highest BCUT2D eigenvalue weighted by molar-refractivity contribution is 6.10. The molecule has 6 atom stereocenters. The van der Waals surface area contributed by atoms with Gasteiger partial charge in [-0.25, -0.2) is 9.59 Å². The number of hydrogen-bond donors (Lipinski definition) is 3. The van der Waals surface area contributed by atoms with Gasteiger partial charge >= 0.3 is 18.1 Å². The number of ketones is 1. The number of carbonyl (C=O) groups excluding carboxylic acids is 4. The smallest absolute Gasteiger partial charge is 0.455 e. The van der Waals surface area contributed by atoms with E-state index in [2.05, 4.69) is 0 Å². The minimum atomic E-state index is -2.17. The van der Waals surface area contributed by atoms with Crippen LogP contribution in [0.25, 0.3) is 0 Å². The van der Waals surface area contributed by atoms with Gasteiger partial charge in [0.15, 0.2) is 11.4 Å². The number of ether oxygens (including phenoxy) is 5. The third-order valence-electron chi connectivity index (χ3n) is 10.1. The minimum absolute atomic E-state index is 0.00405. The van der Waals surface area contributed by atoms with Crippen molar-refractivity contribution in [2.75, 3.05) is 13.2 Å². The molecular formula is C37H42O12. The maximum Gasteiger partial charge on any atom is 0.514 e. The first-order valence-electron chi connectivity index (χ1n) is 16.1. The number of rotatable bonds is 9. The number of aliphatic hydroxyl groups excluding tert-OH is 2. The van der Waals surface area contributed by atoms with Crippen molar-refractivity contribution in [3.8, 4) is 0 Å². The predicted molar refractivity (Wildman–Crippen MR) is 173 cm³/mol. The van der Waals surface area contributed by atoms with Crippen LogP contribution in [0, 0.1) is 11.3 Å². The van der Waals surface area contributed by atoms with E-state index in [4.69, 9.17) is 23.7 Å². The molecule has 2 bridgehead atoms. The maximum atomic E-state index is 14.6. The van der Waals surface area contributed by atoms with Gasteiger partial charge in [0.2, 0.25) is 5.78 Å². The van der Waals surface area contributed by atoms with E-state index >= 15 is 0 Å². The molecule has 1 fully saturated rings. The highest BCUT2D eigenvalue weighted by Gasteiger charge is 2.69. The normalized spacial score (nSPS) is 30.7. The molecule has 0 aromatic heterocycles. The van der Waals surface area contributed by atoms with Gasteiger partial charge in [0, 0.05) is 37.4 Å². The number of Topliss-reactive ketones (excluding diaryl/α,β-unsaturated/α-hetero) is 1. The predicted octanol–water partition coefficient (Wildman–Crippen LogP) is 3.96. The Hall–Kier alpha value is -4.36. The van der Waals surface area contributed by atoms with Gasteiger partial charge in [-0.2, -0.15) is 0 Å². The van der Waals surface area contributed by atoms with Gasteiger partial charge in [-0.1, -0.05) is 62.4 Å². The first-order chi connectivity index (χ1) is 23.2. The molecule has 3 aliphatic rings. The summed E-state index contributed by atoms with van der Waals surface area (Å²) in [6.07, 6.45) is -5.62. The quantitative estimate of drug-likeness (QED) is 0.258. The Labute approximate surface area is 284 Å². The maximum absolute atomic E-state index is 14.6. The monoisotopic (exact) mass is 678 g/mol. The molecule has 12 nitrogen and oxygen atoms in total. The molecule has 2 aromatic rings. The standard InChI is InChI=1S/C37H42O12/c1-21-26(40)18-37(44)32(48-33(42)25-14-10-7-11-15-25)29(36(49-23(3)39)20-46-27(36)16-17-38)22(2)31(30(41)28(21)35(37,4)5)47-34(43)45-19-24-12-8-6-9-13-24/h6-15,26-27,29,32,38,40,44H,16-20H2,1-5H3/b31-22+/t26-,27+,29+,32-,36-,37+/m0/s1. The van der Waals surface area contributed by atoms with Crippen LogP contribution in [0.4, 0.5) is 4.79 Å². The molecule has 2 aromatic carbocycles. The van der Waals surface area contributed by atoms with Crippen molar-refractivity contribution in [2.24, 2.45) is 11.3 Å². The lowest BCUT2D eigenvalue weighted by Crippen LogP contribution is -2.73. The van der Waals surface area contributed by atoms with Gasteiger partial charge in [-0.3, -0.25) is 9.59 Å². The number of fused-ring (bicyclic) bond motifs is 2. The van der Waals surface area contributed by atoms with Crippen molar-refractivity contribution in [1.82, 2.24) is 0 Å². The molecule has 2 aliphatic carbocycles. The second-order valence-corrected chi connectivity index (χ2v) is 13.3. The van der Waals surface area contributed by atoms with Crippen LogP contribution in [0.15, 0.2) is 83.1 Å². The molecule has 3 N–H and O–H groups in total. The molecular weight excluding hydrogens is 636 g/mol. The van der Waals surface area contributed by atoms with Crippen molar-refractivity contribution < 1.29 is 58.2 Å². The fraction of sp³-hybridized carbons (Fsp3) is 0.459. The average molecular weight is 679 g/mol.